The van der Waals surface area contributed by atoms with E-state index >= 15 is 0 Å². The molecule has 0 saturated heterocycles. The third-order valence-electron chi connectivity index (χ3n) is 3.87. The molecule has 1 aromatic carbocycles. The van der Waals surface area contributed by atoms with Crippen molar-refractivity contribution in [3.05, 3.63) is 28.8 Å². The smallest absolute Gasteiger partial charge is 0.242 e. The van der Waals surface area contributed by atoms with Crippen LogP contribution in [0.1, 0.15) is 31.2 Å². The van der Waals surface area contributed by atoms with Crippen LogP contribution in [0.25, 0.3) is 0 Å². The molecule has 1 aromatic rings. The van der Waals surface area contributed by atoms with Gasteiger partial charge in [0, 0.05) is 6.04 Å². The summed E-state index contributed by atoms with van der Waals surface area (Å²) in [6, 6.07) is 5.94. The normalized spacial score (nSPS) is 22.7. The molecule has 0 spiro atoms. The zero-order valence-corrected chi connectivity index (χ0v) is 13.1. The van der Waals surface area contributed by atoms with Crippen LogP contribution < -0.4 is 10.5 Å². The lowest BCUT2D eigenvalue weighted by Gasteiger charge is -2.31. The molecule has 3 N–H and O–H groups in total. The highest BCUT2D eigenvalue weighted by molar-refractivity contribution is 7.89. The van der Waals surface area contributed by atoms with Crippen LogP contribution in [0, 0.1) is 17.2 Å². The molecule has 0 radical (unpaired) electrons. The Kier molecular flexibility index (Phi) is 5.22. The third-order valence-corrected chi connectivity index (χ3v) is 5.84. The first-order valence-electron chi connectivity index (χ1n) is 6.90. The molecular formula is C14H18ClN3O2S. The molecular weight excluding hydrogens is 310 g/mol. The van der Waals surface area contributed by atoms with Gasteiger partial charge in [-0.15, -0.1) is 0 Å². The molecule has 1 aliphatic carbocycles. The van der Waals surface area contributed by atoms with Crippen molar-refractivity contribution in [2.45, 2.75) is 36.6 Å². The SMILES string of the molecule is N#Cc1ccc(S(=O)(=O)NC2CCCCC2CN)c(Cl)c1. The van der Waals surface area contributed by atoms with Gasteiger partial charge in [0.1, 0.15) is 4.90 Å². The Labute approximate surface area is 130 Å². The first-order chi connectivity index (χ1) is 9.97. The van der Waals surface area contributed by atoms with Gasteiger partial charge in [-0.3, -0.25) is 0 Å². The van der Waals surface area contributed by atoms with E-state index in [2.05, 4.69) is 4.72 Å². The Hall–Kier alpha value is -1.13. The van der Waals surface area contributed by atoms with Crippen molar-refractivity contribution < 1.29 is 8.42 Å². The molecule has 1 fully saturated rings. The maximum Gasteiger partial charge on any atom is 0.242 e. The average Bonchev–Trinajstić information content (AvgIpc) is 2.47. The van der Waals surface area contributed by atoms with Crippen molar-refractivity contribution in [3.63, 3.8) is 0 Å². The average molecular weight is 328 g/mol. The molecule has 0 aliphatic heterocycles. The van der Waals surface area contributed by atoms with E-state index in [0.717, 1.165) is 25.7 Å². The zero-order valence-electron chi connectivity index (χ0n) is 11.5. The number of nitrogens with two attached hydrogens (primary N) is 1. The molecule has 1 aliphatic rings. The fraction of sp³-hybridized carbons (Fsp3) is 0.500. The summed E-state index contributed by atoms with van der Waals surface area (Å²) in [7, 11) is -3.71. The van der Waals surface area contributed by atoms with Crippen molar-refractivity contribution in [2.75, 3.05) is 6.54 Å². The maximum atomic E-state index is 12.5. The van der Waals surface area contributed by atoms with E-state index in [1.54, 1.807) is 0 Å². The topological polar surface area (TPSA) is 96.0 Å². The largest absolute Gasteiger partial charge is 0.330 e. The van der Waals surface area contributed by atoms with Crippen LogP contribution in [0.3, 0.4) is 0 Å². The Bertz CT molecular complexity index is 655. The highest BCUT2D eigenvalue weighted by Gasteiger charge is 2.29. The van der Waals surface area contributed by atoms with Crippen LogP contribution in [0.2, 0.25) is 5.02 Å². The number of nitrogens with zero attached hydrogens (tertiary/aromatic N) is 1. The van der Waals surface area contributed by atoms with Gasteiger partial charge in [-0.05, 0) is 43.5 Å². The van der Waals surface area contributed by atoms with Gasteiger partial charge >= 0.3 is 0 Å². The minimum Gasteiger partial charge on any atom is -0.330 e. The van der Waals surface area contributed by atoms with Gasteiger partial charge in [0.2, 0.25) is 10.0 Å². The molecule has 0 aromatic heterocycles. The number of rotatable bonds is 4. The van der Waals surface area contributed by atoms with Crippen LogP contribution in [0.5, 0.6) is 0 Å². The van der Waals surface area contributed by atoms with Crippen LogP contribution >= 0.6 is 11.6 Å². The fourth-order valence-corrected chi connectivity index (χ4v) is 4.58. The summed E-state index contributed by atoms with van der Waals surface area (Å²) in [5.74, 6) is 0.158. The van der Waals surface area contributed by atoms with E-state index in [4.69, 9.17) is 22.6 Å². The summed E-state index contributed by atoms with van der Waals surface area (Å²) < 4.78 is 27.6. The molecule has 7 heteroatoms. The number of sulfonamides is 1. The molecule has 5 nitrogen and oxygen atoms in total. The second kappa shape index (κ2) is 6.75. The van der Waals surface area contributed by atoms with E-state index in [1.807, 2.05) is 6.07 Å². The van der Waals surface area contributed by atoms with Crippen molar-refractivity contribution in [3.8, 4) is 6.07 Å². The quantitative estimate of drug-likeness (QED) is 0.884. The number of nitrogens with one attached hydrogen (secondary N) is 1. The van der Waals surface area contributed by atoms with Gasteiger partial charge < -0.3 is 5.73 Å². The molecule has 1 saturated carbocycles. The lowest BCUT2D eigenvalue weighted by Crippen LogP contribution is -2.44. The van der Waals surface area contributed by atoms with Gasteiger partial charge in [0.05, 0.1) is 16.7 Å². The zero-order chi connectivity index (χ0) is 15.5. The van der Waals surface area contributed by atoms with E-state index < -0.39 is 10.0 Å². The predicted molar refractivity (Wildman–Crippen MR) is 81.3 cm³/mol. The molecule has 0 amide bonds. The number of halogens is 1. The highest BCUT2D eigenvalue weighted by atomic mass is 35.5. The third kappa shape index (κ3) is 3.74. The molecule has 21 heavy (non-hydrogen) atoms. The van der Waals surface area contributed by atoms with Crippen LogP contribution in [0.15, 0.2) is 23.1 Å². The van der Waals surface area contributed by atoms with Crippen molar-refractivity contribution >= 4 is 21.6 Å². The van der Waals surface area contributed by atoms with Crippen molar-refractivity contribution in [1.82, 2.24) is 4.72 Å². The second-order valence-corrected chi connectivity index (χ2v) is 7.35. The summed E-state index contributed by atoms with van der Waals surface area (Å²) in [4.78, 5) is 0.00418. The lowest BCUT2D eigenvalue weighted by molar-refractivity contribution is 0.296. The molecule has 2 atom stereocenters. The molecule has 0 heterocycles. The Morgan fingerprint density at radius 1 is 1.38 bits per heavy atom. The monoisotopic (exact) mass is 327 g/mol. The van der Waals surface area contributed by atoms with Crippen LogP contribution in [0.4, 0.5) is 0 Å². The number of hydrogen-bond acceptors (Lipinski definition) is 4. The predicted octanol–water partition coefficient (Wildman–Crippen LogP) is 2.01. The molecule has 0 bridgehead atoms. The number of hydrogen-bond donors (Lipinski definition) is 2. The van der Waals surface area contributed by atoms with Crippen LogP contribution in [-0.2, 0) is 10.0 Å². The first kappa shape index (κ1) is 16.2. The molecule has 2 rings (SSSR count). The van der Waals surface area contributed by atoms with Gasteiger partial charge in [-0.25, -0.2) is 13.1 Å². The maximum absolute atomic E-state index is 12.5. The van der Waals surface area contributed by atoms with Crippen molar-refractivity contribution in [1.29, 1.82) is 5.26 Å². The highest BCUT2D eigenvalue weighted by Crippen LogP contribution is 2.27. The summed E-state index contributed by atoms with van der Waals surface area (Å²) in [5.41, 5.74) is 6.05. The van der Waals surface area contributed by atoms with E-state index in [9.17, 15) is 8.42 Å². The van der Waals surface area contributed by atoms with Gasteiger partial charge in [-0.1, -0.05) is 24.4 Å². The number of benzene rings is 1. The summed E-state index contributed by atoms with van der Waals surface area (Å²) in [6.45, 7) is 0.467. The van der Waals surface area contributed by atoms with E-state index in [1.165, 1.54) is 18.2 Å². The molecule has 2 unspecified atom stereocenters. The Morgan fingerprint density at radius 3 is 2.71 bits per heavy atom. The fourth-order valence-electron chi connectivity index (χ4n) is 2.70. The second-order valence-electron chi connectivity index (χ2n) is 5.27. The lowest BCUT2D eigenvalue weighted by atomic mass is 9.85. The Morgan fingerprint density at radius 2 is 2.10 bits per heavy atom. The first-order valence-corrected chi connectivity index (χ1v) is 8.76. The van der Waals surface area contributed by atoms with Gasteiger partial charge in [0.25, 0.3) is 0 Å². The van der Waals surface area contributed by atoms with Gasteiger partial charge in [0.15, 0.2) is 0 Å². The van der Waals surface area contributed by atoms with Gasteiger partial charge in [-0.2, -0.15) is 5.26 Å². The molecule has 114 valence electrons. The summed E-state index contributed by atoms with van der Waals surface area (Å²) >= 11 is 5.99. The summed E-state index contributed by atoms with van der Waals surface area (Å²) in [6.07, 6.45) is 3.79. The number of nitriles is 1. The minimum absolute atomic E-state index is 0.00418. The van der Waals surface area contributed by atoms with E-state index in [0.29, 0.717) is 12.1 Å². The Balaban J connectivity index is 2.24. The van der Waals surface area contributed by atoms with Crippen LogP contribution in [-0.4, -0.2) is 21.0 Å². The minimum atomic E-state index is -3.71. The summed E-state index contributed by atoms with van der Waals surface area (Å²) in [5, 5.41) is 8.85. The standard InChI is InChI=1S/C14H18ClN3O2S/c15-12-7-10(8-16)5-6-14(12)21(19,20)18-13-4-2-1-3-11(13)9-17/h5-7,11,13,18H,1-4,9,17H2. The van der Waals surface area contributed by atoms with Crippen molar-refractivity contribution in [2.24, 2.45) is 11.7 Å². The van der Waals surface area contributed by atoms with E-state index in [-0.39, 0.29) is 21.9 Å².